The number of rotatable bonds is 2. The molecule has 3 nitrogen and oxygen atoms in total. The second-order valence-corrected chi connectivity index (χ2v) is 6.10. The second kappa shape index (κ2) is 5.96. The molecule has 1 N–H and O–H groups in total. The lowest BCUT2D eigenvalue weighted by Gasteiger charge is -2.28. The lowest BCUT2D eigenvalue weighted by atomic mass is 9.83. The first-order valence-electron chi connectivity index (χ1n) is 7.82. The standard InChI is InChI=1S/C17H23NO2/c19-16-10-6-14(7-11-16)13-4-8-15(9-5-13)18-12-2-1-3-17(18)20/h4-5,8-9,14,16,19H,1-3,6-7,10-12H2. The minimum absolute atomic E-state index is 0.100. The van der Waals surface area contributed by atoms with E-state index in [-0.39, 0.29) is 12.0 Å². The number of carbonyl (C=O) groups excluding carboxylic acids is 1. The van der Waals surface area contributed by atoms with E-state index in [0.29, 0.717) is 12.3 Å². The molecular formula is C17H23NO2. The van der Waals surface area contributed by atoms with Crippen molar-refractivity contribution in [2.24, 2.45) is 0 Å². The predicted octanol–water partition coefficient (Wildman–Crippen LogP) is 3.22. The van der Waals surface area contributed by atoms with Crippen LogP contribution in [0.25, 0.3) is 0 Å². The van der Waals surface area contributed by atoms with Crippen LogP contribution in [0.5, 0.6) is 0 Å². The summed E-state index contributed by atoms with van der Waals surface area (Å²) in [5.41, 5.74) is 2.39. The number of carbonyl (C=O) groups is 1. The number of aliphatic hydroxyl groups is 1. The molecule has 20 heavy (non-hydrogen) atoms. The van der Waals surface area contributed by atoms with Crippen LogP contribution >= 0.6 is 0 Å². The van der Waals surface area contributed by atoms with Gasteiger partial charge in [-0.25, -0.2) is 0 Å². The lowest BCUT2D eigenvalue weighted by molar-refractivity contribution is -0.119. The van der Waals surface area contributed by atoms with Crippen molar-refractivity contribution in [1.29, 1.82) is 0 Å². The average molecular weight is 273 g/mol. The van der Waals surface area contributed by atoms with E-state index < -0.39 is 0 Å². The first kappa shape index (κ1) is 13.6. The molecule has 3 rings (SSSR count). The van der Waals surface area contributed by atoms with Gasteiger partial charge < -0.3 is 10.0 Å². The van der Waals surface area contributed by atoms with Gasteiger partial charge in [0, 0.05) is 18.7 Å². The van der Waals surface area contributed by atoms with Gasteiger partial charge in [-0.2, -0.15) is 0 Å². The number of piperidine rings is 1. The van der Waals surface area contributed by atoms with Crippen LogP contribution in [0, 0.1) is 0 Å². The van der Waals surface area contributed by atoms with Gasteiger partial charge in [-0.05, 0) is 62.1 Å². The Bertz CT molecular complexity index is 460. The van der Waals surface area contributed by atoms with Crippen LogP contribution in [0.3, 0.4) is 0 Å². The summed E-state index contributed by atoms with van der Waals surface area (Å²) in [7, 11) is 0. The van der Waals surface area contributed by atoms with Crippen LogP contribution in [0.15, 0.2) is 24.3 Å². The van der Waals surface area contributed by atoms with E-state index in [1.54, 1.807) is 0 Å². The molecule has 1 aromatic carbocycles. The lowest BCUT2D eigenvalue weighted by Crippen LogP contribution is -2.35. The van der Waals surface area contributed by atoms with Crippen LogP contribution in [0.1, 0.15) is 56.4 Å². The highest BCUT2D eigenvalue weighted by molar-refractivity contribution is 5.93. The zero-order valence-electron chi connectivity index (χ0n) is 11.9. The highest BCUT2D eigenvalue weighted by atomic mass is 16.3. The van der Waals surface area contributed by atoms with Gasteiger partial charge in [0.15, 0.2) is 0 Å². The van der Waals surface area contributed by atoms with Gasteiger partial charge in [0.25, 0.3) is 0 Å². The van der Waals surface area contributed by atoms with E-state index in [1.165, 1.54) is 5.56 Å². The molecule has 1 aliphatic carbocycles. The van der Waals surface area contributed by atoms with Crippen molar-refractivity contribution < 1.29 is 9.90 Å². The van der Waals surface area contributed by atoms with Gasteiger partial charge in [0.2, 0.25) is 5.91 Å². The van der Waals surface area contributed by atoms with E-state index in [1.807, 2.05) is 4.90 Å². The highest BCUT2D eigenvalue weighted by Crippen LogP contribution is 2.33. The van der Waals surface area contributed by atoms with Gasteiger partial charge in [0.1, 0.15) is 0 Å². The maximum atomic E-state index is 11.9. The summed E-state index contributed by atoms with van der Waals surface area (Å²) < 4.78 is 0. The Morgan fingerprint density at radius 3 is 2.35 bits per heavy atom. The normalized spacial score (nSPS) is 27.6. The number of aliphatic hydroxyl groups excluding tert-OH is 1. The number of hydrogen-bond donors (Lipinski definition) is 1. The van der Waals surface area contributed by atoms with E-state index in [9.17, 15) is 9.90 Å². The number of anilines is 1. The molecule has 2 aliphatic rings. The summed E-state index contributed by atoms with van der Waals surface area (Å²) in [6.45, 7) is 0.855. The van der Waals surface area contributed by atoms with Gasteiger partial charge in [-0.3, -0.25) is 4.79 Å². The average Bonchev–Trinajstić information content (AvgIpc) is 2.49. The number of benzene rings is 1. The third-order valence-corrected chi connectivity index (χ3v) is 4.70. The molecule has 1 aliphatic heterocycles. The fourth-order valence-electron chi connectivity index (χ4n) is 3.41. The molecule has 2 fully saturated rings. The van der Waals surface area contributed by atoms with Crippen molar-refractivity contribution in [1.82, 2.24) is 0 Å². The maximum absolute atomic E-state index is 11.9. The molecule has 108 valence electrons. The maximum Gasteiger partial charge on any atom is 0.226 e. The molecular weight excluding hydrogens is 250 g/mol. The zero-order chi connectivity index (χ0) is 13.9. The van der Waals surface area contributed by atoms with Gasteiger partial charge in [-0.1, -0.05) is 12.1 Å². The van der Waals surface area contributed by atoms with Crippen LogP contribution in [-0.2, 0) is 4.79 Å². The molecule has 0 unspecified atom stereocenters. The summed E-state index contributed by atoms with van der Waals surface area (Å²) in [6, 6.07) is 8.51. The van der Waals surface area contributed by atoms with Crippen LogP contribution in [-0.4, -0.2) is 23.7 Å². The Labute approximate surface area is 120 Å². The minimum Gasteiger partial charge on any atom is -0.393 e. The van der Waals surface area contributed by atoms with Crippen molar-refractivity contribution in [3.63, 3.8) is 0 Å². The Morgan fingerprint density at radius 1 is 1.00 bits per heavy atom. The van der Waals surface area contributed by atoms with Crippen LogP contribution in [0.4, 0.5) is 5.69 Å². The summed E-state index contributed by atoms with van der Waals surface area (Å²) >= 11 is 0. The first-order chi connectivity index (χ1) is 9.74. The highest BCUT2D eigenvalue weighted by Gasteiger charge is 2.22. The molecule has 0 atom stereocenters. The number of hydrogen-bond acceptors (Lipinski definition) is 2. The second-order valence-electron chi connectivity index (χ2n) is 6.10. The van der Waals surface area contributed by atoms with Crippen molar-refractivity contribution >= 4 is 11.6 Å². The van der Waals surface area contributed by atoms with Gasteiger partial charge in [0.05, 0.1) is 6.10 Å². The Hall–Kier alpha value is -1.35. The summed E-state index contributed by atoms with van der Waals surface area (Å²) in [4.78, 5) is 13.8. The molecule has 0 spiro atoms. The fourth-order valence-corrected chi connectivity index (χ4v) is 3.41. The smallest absolute Gasteiger partial charge is 0.226 e. The Morgan fingerprint density at radius 2 is 1.70 bits per heavy atom. The molecule has 0 bridgehead atoms. The molecule has 1 saturated heterocycles. The summed E-state index contributed by atoms with van der Waals surface area (Å²) in [6.07, 6.45) is 6.69. The molecule has 1 saturated carbocycles. The molecule has 1 aromatic rings. The topological polar surface area (TPSA) is 40.5 Å². The van der Waals surface area contributed by atoms with Crippen LogP contribution < -0.4 is 4.90 Å². The first-order valence-corrected chi connectivity index (χ1v) is 7.82. The predicted molar refractivity (Wildman–Crippen MR) is 79.9 cm³/mol. The van der Waals surface area contributed by atoms with E-state index >= 15 is 0 Å². The third-order valence-electron chi connectivity index (χ3n) is 4.70. The van der Waals surface area contributed by atoms with E-state index in [4.69, 9.17) is 0 Å². The monoisotopic (exact) mass is 273 g/mol. The van der Waals surface area contributed by atoms with E-state index in [2.05, 4.69) is 24.3 Å². The molecule has 0 radical (unpaired) electrons. The third kappa shape index (κ3) is 2.88. The largest absolute Gasteiger partial charge is 0.393 e. The quantitative estimate of drug-likeness (QED) is 0.898. The SMILES string of the molecule is O=C1CCCCN1c1ccc(C2CCC(O)CC2)cc1. The van der Waals surface area contributed by atoms with Gasteiger partial charge >= 0.3 is 0 Å². The van der Waals surface area contributed by atoms with Gasteiger partial charge in [-0.15, -0.1) is 0 Å². The Kier molecular flexibility index (Phi) is 4.06. The van der Waals surface area contributed by atoms with Crippen LogP contribution in [0.2, 0.25) is 0 Å². The van der Waals surface area contributed by atoms with E-state index in [0.717, 1.165) is 50.8 Å². The Balaban J connectivity index is 1.69. The molecule has 1 amide bonds. The zero-order valence-corrected chi connectivity index (χ0v) is 11.9. The number of nitrogens with zero attached hydrogens (tertiary/aromatic N) is 1. The summed E-state index contributed by atoms with van der Waals surface area (Å²) in [5, 5.41) is 9.57. The van der Waals surface area contributed by atoms with Crippen molar-refractivity contribution in [2.75, 3.05) is 11.4 Å². The molecule has 3 heteroatoms. The molecule has 1 heterocycles. The number of amides is 1. The minimum atomic E-state index is -0.100. The fraction of sp³-hybridized carbons (Fsp3) is 0.588. The van der Waals surface area contributed by atoms with Crippen molar-refractivity contribution in [3.05, 3.63) is 29.8 Å². The molecule has 0 aromatic heterocycles. The van der Waals surface area contributed by atoms with Crippen molar-refractivity contribution in [2.45, 2.75) is 57.0 Å². The van der Waals surface area contributed by atoms with Crippen molar-refractivity contribution in [3.8, 4) is 0 Å². The summed E-state index contributed by atoms with van der Waals surface area (Å²) in [5.74, 6) is 0.828.